The molecule has 0 saturated heterocycles. The molecule has 1 aliphatic rings. The minimum Gasteiger partial charge on any atom is -0.378 e. The summed E-state index contributed by atoms with van der Waals surface area (Å²) in [5.74, 6) is 0.0204. The fourth-order valence-corrected chi connectivity index (χ4v) is 4.25. The Balaban J connectivity index is 2.35. The lowest BCUT2D eigenvalue weighted by atomic mass is 9.90. The van der Waals surface area contributed by atoms with E-state index < -0.39 is 9.05 Å². The zero-order chi connectivity index (χ0) is 13.6. The molecule has 0 aromatic rings. The fourth-order valence-electron chi connectivity index (χ4n) is 2.45. The molecular formula is C12H23ClO4S. The van der Waals surface area contributed by atoms with Gasteiger partial charge in [-0.1, -0.05) is 12.8 Å². The highest BCUT2D eigenvalue weighted by Crippen LogP contribution is 2.40. The van der Waals surface area contributed by atoms with Crippen LogP contribution in [0.5, 0.6) is 0 Å². The first kappa shape index (κ1) is 16.2. The Kier molecular flexibility index (Phi) is 6.38. The molecule has 0 spiro atoms. The van der Waals surface area contributed by atoms with Crippen LogP contribution < -0.4 is 0 Å². The predicted molar refractivity (Wildman–Crippen MR) is 72.4 cm³/mol. The molecule has 6 heteroatoms. The second-order valence-corrected chi connectivity index (χ2v) is 8.14. The molecule has 0 radical (unpaired) electrons. The fraction of sp³-hybridized carbons (Fsp3) is 1.00. The van der Waals surface area contributed by atoms with E-state index in [0.717, 1.165) is 25.7 Å². The third kappa shape index (κ3) is 6.36. The van der Waals surface area contributed by atoms with Gasteiger partial charge in [0.05, 0.1) is 31.7 Å². The standard InChI is InChI=1S/C12H23ClO4S/c1-11(2)17-8-7-16-9-12(5-3-4-6-12)10-18(13,14)15/h11H,3-10H2,1-2H3. The summed E-state index contributed by atoms with van der Waals surface area (Å²) < 4.78 is 33.5. The van der Waals surface area contributed by atoms with E-state index in [9.17, 15) is 8.42 Å². The smallest absolute Gasteiger partial charge is 0.233 e. The molecule has 0 atom stereocenters. The molecule has 1 rings (SSSR count). The molecule has 1 fully saturated rings. The highest BCUT2D eigenvalue weighted by atomic mass is 35.7. The van der Waals surface area contributed by atoms with E-state index in [1.54, 1.807) is 0 Å². The van der Waals surface area contributed by atoms with E-state index in [0.29, 0.717) is 19.8 Å². The molecule has 108 valence electrons. The van der Waals surface area contributed by atoms with Crippen molar-refractivity contribution in [2.45, 2.75) is 45.6 Å². The molecular weight excluding hydrogens is 276 g/mol. The first-order chi connectivity index (χ1) is 8.33. The Hall–Kier alpha value is 0.160. The Bertz CT molecular complexity index is 334. The molecule has 0 aliphatic heterocycles. The van der Waals surface area contributed by atoms with Crippen molar-refractivity contribution in [3.05, 3.63) is 0 Å². The predicted octanol–water partition coefficient (Wildman–Crippen LogP) is 2.56. The second kappa shape index (κ2) is 7.08. The lowest BCUT2D eigenvalue weighted by Gasteiger charge is -2.27. The van der Waals surface area contributed by atoms with E-state index in [1.165, 1.54) is 0 Å². The first-order valence-electron chi connectivity index (χ1n) is 6.45. The van der Waals surface area contributed by atoms with Crippen LogP contribution in [0.25, 0.3) is 0 Å². The summed E-state index contributed by atoms with van der Waals surface area (Å²) in [6, 6.07) is 0. The van der Waals surface area contributed by atoms with Crippen LogP contribution in [-0.4, -0.2) is 40.1 Å². The van der Waals surface area contributed by atoms with Gasteiger partial charge in [-0.15, -0.1) is 0 Å². The minimum absolute atomic E-state index is 0.0204. The van der Waals surface area contributed by atoms with Crippen LogP contribution in [0.15, 0.2) is 0 Å². The van der Waals surface area contributed by atoms with Crippen LogP contribution in [0.3, 0.4) is 0 Å². The van der Waals surface area contributed by atoms with Crippen LogP contribution in [0.4, 0.5) is 0 Å². The van der Waals surface area contributed by atoms with Gasteiger partial charge in [-0.3, -0.25) is 0 Å². The molecule has 0 aromatic carbocycles. The number of hydrogen-bond donors (Lipinski definition) is 0. The van der Waals surface area contributed by atoms with Gasteiger partial charge in [0, 0.05) is 16.1 Å². The quantitative estimate of drug-likeness (QED) is 0.510. The van der Waals surface area contributed by atoms with Crippen LogP contribution in [0.1, 0.15) is 39.5 Å². The van der Waals surface area contributed by atoms with Crippen molar-refractivity contribution in [2.75, 3.05) is 25.6 Å². The van der Waals surface area contributed by atoms with Crippen molar-refractivity contribution in [1.82, 2.24) is 0 Å². The molecule has 1 aliphatic carbocycles. The maximum atomic E-state index is 11.3. The largest absolute Gasteiger partial charge is 0.378 e. The van der Waals surface area contributed by atoms with Gasteiger partial charge in [0.25, 0.3) is 0 Å². The topological polar surface area (TPSA) is 52.6 Å². The normalized spacial score (nSPS) is 19.6. The molecule has 0 aromatic heterocycles. The highest BCUT2D eigenvalue weighted by Gasteiger charge is 2.38. The zero-order valence-electron chi connectivity index (χ0n) is 11.2. The second-order valence-electron chi connectivity index (χ2n) is 5.36. The molecule has 0 heterocycles. The SMILES string of the molecule is CC(C)OCCOCC1(CS(=O)(=O)Cl)CCCC1. The minimum atomic E-state index is -3.46. The molecule has 1 saturated carbocycles. The molecule has 0 unspecified atom stereocenters. The average Bonchev–Trinajstić information content (AvgIpc) is 2.63. The van der Waals surface area contributed by atoms with Gasteiger partial charge in [0.15, 0.2) is 0 Å². The summed E-state index contributed by atoms with van der Waals surface area (Å²) in [6.07, 6.45) is 4.06. The van der Waals surface area contributed by atoms with Crippen LogP contribution in [0, 0.1) is 5.41 Å². The lowest BCUT2D eigenvalue weighted by molar-refractivity contribution is -0.00494. The van der Waals surface area contributed by atoms with Crippen molar-refractivity contribution in [2.24, 2.45) is 5.41 Å². The zero-order valence-corrected chi connectivity index (χ0v) is 12.7. The Morgan fingerprint density at radius 1 is 1.22 bits per heavy atom. The van der Waals surface area contributed by atoms with Gasteiger partial charge < -0.3 is 9.47 Å². The molecule has 18 heavy (non-hydrogen) atoms. The van der Waals surface area contributed by atoms with Crippen molar-refractivity contribution in [3.8, 4) is 0 Å². The third-order valence-electron chi connectivity index (χ3n) is 3.23. The Morgan fingerprint density at radius 2 is 1.83 bits per heavy atom. The van der Waals surface area contributed by atoms with Gasteiger partial charge in [0.1, 0.15) is 0 Å². The van der Waals surface area contributed by atoms with Gasteiger partial charge in [-0.05, 0) is 26.7 Å². The Morgan fingerprint density at radius 3 is 2.33 bits per heavy atom. The number of hydrogen-bond acceptors (Lipinski definition) is 4. The lowest BCUT2D eigenvalue weighted by Crippen LogP contribution is -2.31. The number of halogens is 1. The molecule has 0 bridgehead atoms. The summed E-state index contributed by atoms with van der Waals surface area (Å²) in [6.45, 7) is 5.45. The summed E-state index contributed by atoms with van der Waals surface area (Å²) in [4.78, 5) is 0. The van der Waals surface area contributed by atoms with Crippen molar-refractivity contribution in [3.63, 3.8) is 0 Å². The van der Waals surface area contributed by atoms with Gasteiger partial charge in [0.2, 0.25) is 9.05 Å². The van der Waals surface area contributed by atoms with Crippen LogP contribution >= 0.6 is 10.7 Å². The van der Waals surface area contributed by atoms with E-state index >= 15 is 0 Å². The number of ether oxygens (including phenoxy) is 2. The molecule has 4 nitrogen and oxygen atoms in total. The van der Waals surface area contributed by atoms with E-state index in [1.807, 2.05) is 13.8 Å². The summed E-state index contributed by atoms with van der Waals surface area (Å²) in [5, 5.41) is 0. The maximum Gasteiger partial charge on any atom is 0.233 e. The van der Waals surface area contributed by atoms with Gasteiger partial charge in [-0.25, -0.2) is 8.42 Å². The Labute approximate surface area is 114 Å². The number of rotatable bonds is 8. The molecule has 0 amide bonds. The van der Waals surface area contributed by atoms with Crippen LogP contribution in [0.2, 0.25) is 0 Å². The van der Waals surface area contributed by atoms with E-state index in [-0.39, 0.29) is 17.3 Å². The third-order valence-corrected chi connectivity index (χ3v) is 4.51. The maximum absolute atomic E-state index is 11.3. The first-order valence-corrected chi connectivity index (χ1v) is 8.93. The highest BCUT2D eigenvalue weighted by molar-refractivity contribution is 8.13. The molecule has 0 N–H and O–H groups in total. The summed E-state index contributed by atoms with van der Waals surface area (Å²) in [5.41, 5.74) is -0.279. The van der Waals surface area contributed by atoms with Crippen molar-refractivity contribution >= 4 is 19.7 Å². The van der Waals surface area contributed by atoms with E-state index in [2.05, 4.69) is 0 Å². The van der Waals surface area contributed by atoms with Crippen LogP contribution in [-0.2, 0) is 18.5 Å². The monoisotopic (exact) mass is 298 g/mol. The average molecular weight is 299 g/mol. The van der Waals surface area contributed by atoms with Crippen molar-refractivity contribution in [1.29, 1.82) is 0 Å². The van der Waals surface area contributed by atoms with Crippen molar-refractivity contribution < 1.29 is 17.9 Å². The van der Waals surface area contributed by atoms with E-state index in [4.69, 9.17) is 20.2 Å². The van der Waals surface area contributed by atoms with Gasteiger partial charge >= 0.3 is 0 Å². The van der Waals surface area contributed by atoms with Gasteiger partial charge in [-0.2, -0.15) is 0 Å². The summed E-state index contributed by atoms with van der Waals surface area (Å²) >= 11 is 0. The summed E-state index contributed by atoms with van der Waals surface area (Å²) in [7, 11) is 1.92.